The van der Waals surface area contributed by atoms with Crippen LogP contribution < -0.4 is 10.1 Å². The van der Waals surface area contributed by atoms with E-state index in [2.05, 4.69) is 45.7 Å². The van der Waals surface area contributed by atoms with E-state index >= 15 is 0 Å². The summed E-state index contributed by atoms with van der Waals surface area (Å²) in [6.07, 6.45) is 2.08. The van der Waals surface area contributed by atoms with Crippen LogP contribution in [0.4, 0.5) is 4.79 Å². The third-order valence-corrected chi connectivity index (χ3v) is 6.54. The first kappa shape index (κ1) is 19.5. The summed E-state index contributed by atoms with van der Waals surface area (Å²) in [5, 5.41) is 5.18. The second-order valence-electron chi connectivity index (χ2n) is 7.49. The van der Waals surface area contributed by atoms with E-state index in [0.29, 0.717) is 13.1 Å². The summed E-state index contributed by atoms with van der Waals surface area (Å²) in [6, 6.07) is 24.1. The van der Waals surface area contributed by atoms with Gasteiger partial charge in [0, 0.05) is 17.6 Å². The van der Waals surface area contributed by atoms with Crippen LogP contribution in [-0.2, 0) is 13.1 Å². The Morgan fingerprint density at radius 2 is 2.00 bits per heavy atom. The lowest BCUT2D eigenvalue weighted by atomic mass is 10.1. The summed E-state index contributed by atoms with van der Waals surface area (Å²) in [7, 11) is 1.65. The summed E-state index contributed by atoms with van der Waals surface area (Å²) in [6.45, 7) is 0.969. The highest BCUT2D eigenvalue weighted by Crippen LogP contribution is 2.38. The Morgan fingerprint density at radius 3 is 2.84 bits per heavy atom. The number of fused-ring (bicyclic) bond motifs is 3. The first-order valence-corrected chi connectivity index (χ1v) is 11.1. The van der Waals surface area contributed by atoms with Crippen LogP contribution in [0.25, 0.3) is 5.69 Å². The second-order valence-corrected chi connectivity index (χ2v) is 8.47. The number of benzene rings is 2. The molecule has 2 aromatic carbocycles. The molecule has 0 bridgehead atoms. The number of para-hydroxylation sites is 1. The van der Waals surface area contributed by atoms with E-state index in [-0.39, 0.29) is 12.1 Å². The van der Waals surface area contributed by atoms with E-state index in [1.807, 2.05) is 53.4 Å². The molecule has 0 unspecified atom stereocenters. The van der Waals surface area contributed by atoms with Crippen molar-refractivity contribution in [1.82, 2.24) is 14.8 Å². The molecule has 0 saturated heterocycles. The molecule has 2 amide bonds. The first-order chi connectivity index (χ1) is 15.2. The van der Waals surface area contributed by atoms with Gasteiger partial charge >= 0.3 is 6.03 Å². The van der Waals surface area contributed by atoms with Crippen molar-refractivity contribution in [2.45, 2.75) is 19.1 Å². The number of urea groups is 1. The summed E-state index contributed by atoms with van der Waals surface area (Å²) in [4.78, 5) is 16.6. The second kappa shape index (κ2) is 8.32. The Hall–Kier alpha value is -3.51. The molecular formula is C25H23N3O2S. The Bertz CT molecular complexity index is 1200. The van der Waals surface area contributed by atoms with Gasteiger partial charge in [0.15, 0.2) is 0 Å². The number of carbonyl (C=O) groups is 1. The van der Waals surface area contributed by atoms with Gasteiger partial charge in [-0.05, 0) is 52.9 Å². The van der Waals surface area contributed by atoms with Crippen molar-refractivity contribution in [1.29, 1.82) is 0 Å². The summed E-state index contributed by atoms with van der Waals surface area (Å²) in [5.41, 5.74) is 4.32. The van der Waals surface area contributed by atoms with E-state index in [1.165, 1.54) is 0 Å². The van der Waals surface area contributed by atoms with Crippen molar-refractivity contribution in [2.24, 2.45) is 0 Å². The van der Waals surface area contributed by atoms with Gasteiger partial charge in [-0.15, -0.1) is 11.3 Å². The molecule has 0 spiro atoms. The van der Waals surface area contributed by atoms with Crippen molar-refractivity contribution >= 4 is 17.4 Å². The number of nitrogens with one attached hydrogen (secondary N) is 1. The fraction of sp³-hybridized carbons (Fsp3) is 0.160. The predicted molar refractivity (Wildman–Crippen MR) is 123 cm³/mol. The molecule has 0 fully saturated rings. The first-order valence-electron chi connectivity index (χ1n) is 10.2. The van der Waals surface area contributed by atoms with Crippen LogP contribution >= 0.6 is 11.3 Å². The number of hydrogen-bond donors (Lipinski definition) is 1. The summed E-state index contributed by atoms with van der Waals surface area (Å²) >= 11 is 1.67. The highest BCUT2D eigenvalue weighted by atomic mass is 32.1. The molecule has 4 aromatic rings. The highest BCUT2D eigenvalue weighted by molar-refractivity contribution is 7.10. The molecule has 3 heterocycles. The molecule has 0 saturated carbocycles. The van der Waals surface area contributed by atoms with E-state index in [1.54, 1.807) is 18.4 Å². The van der Waals surface area contributed by atoms with E-state index in [4.69, 9.17) is 4.74 Å². The number of thiophene rings is 1. The smallest absolute Gasteiger partial charge is 0.318 e. The van der Waals surface area contributed by atoms with Gasteiger partial charge in [0.1, 0.15) is 11.8 Å². The van der Waals surface area contributed by atoms with Gasteiger partial charge in [0.25, 0.3) is 0 Å². The third kappa shape index (κ3) is 3.70. The molecule has 31 heavy (non-hydrogen) atoms. The van der Waals surface area contributed by atoms with Gasteiger partial charge in [-0.1, -0.05) is 36.4 Å². The van der Waals surface area contributed by atoms with Crippen molar-refractivity contribution in [3.8, 4) is 11.4 Å². The molecule has 1 N–H and O–H groups in total. The fourth-order valence-corrected chi connectivity index (χ4v) is 5.00. The number of nitrogens with zero attached hydrogens (tertiary/aromatic N) is 2. The molecule has 0 aliphatic carbocycles. The van der Waals surface area contributed by atoms with Crippen LogP contribution in [0.1, 0.15) is 27.7 Å². The van der Waals surface area contributed by atoms with E-state index in [9.17, 15) is 4.79 Å². The number of methoxy groups -OCH3 is 1. The van der Waals surface area contributed by atoms with Crippen molar-refractivity contribution < 1.29 is 9.53 Å². The van der Waals surface area contributed by atoms with Crippen LogP contribution in [0, 0.1) is 0 Å². The van der Waals surface area contributed by atoms with Crippen LogP contribution in [0.5, 0.6) is 5.75 Å². The average Bonchev–Trinajstić information content (AvgIpc) is 3.49. The van der Waals surface area contributed by atoms with Crippen molar-refractivity contribution in [2.75, 3.05) is 7.11 Å². The van der Waals surface area contributed by atoms with Gasteiger partial charge in [-0.2, -0.15) is 0 Å². The van der Waals surface area contributed by atoms with Gasteiger partial charge in [-0.25, -0.2) is 4.79 Å². The minimum Gasteiger partial charge on any atom is -0.497 e. The molecule has 1 aliphatic rings. The summed E-state index contributed by atoms with van der Waals surface area (Å²) < 4.78 is 7.51. The quantitative estimate of drug-likeness (QED) is 0.475. The molecule has 6 heteroatoms. The number of rotatable bonds is 4. The molecule has 5 rings (SSSR count). The molecule has 156 valence electrons. The van der Waals surface area contributed by atoms with Crippen LogP contribution in [0.3, 0.4) is 0 Å². The maximum Gasteiger partial charge on any atom is 0.318 e. The predicted octanol–water partition coefficient (Wildman–Crippen LogP) is 5.36. The van der Waals surface area contributed by atoms with Crippen LogP contribution in [0.2, 0.25) is 0 Å². The van der Waals surface area contributed by atoms with Gasteiger partial charge in [0.05, 0.1) is 25.0 Å². The molecule has 1 aliphatic heterocycles. The van der Waals surface area contributed by atoms with E-state index < -0.39 is 0 Å². The van der Waals surface area contributed by atoms with Gasteiger partial charge in [-0.3, -0.25) is 0 Å². The Morgan fingerprint density at radius 1 is 1.10 bits per heavy atom. The summed E-state index contributed by atoms with van der Waals surface area (Å²) in [5.74, 6) is 0.782. The zero-order chi connectivity index (χ0) is 21.2. The number of aromatic nitrogens is 1. The average molecular weight is 430 g/mol. The third-order valence-electron chi connectivity index (χ3n) is 5.62. The maximum atomic E-state index is 13.5. The Kier molecular flexibility index (Phi) is 5.22. The monoisotopic (exact) mass is 429 g/mol. The lowest BCUT2D eigenvalue weighted by molar-refractivity contribution is 0.181. The highest BCUT2D eigenvalue weighted by Gasteiger charge is 2.33. The van der Waals surface area contributed by atoms with E-state index in [0.717, 1.165) is 33.1 Å². The number of ether oxygens (including phenoxy) is 1. The Balaban J connectivity index is 1.50. The number of carbonyl (C=O) groups excluding carboxylic acids is 1. The van der Waals surface area contributed by atoms with Gasteiger partial charge < -0.3 is 19.5 Å². The molecule has 5 nitrogen and oxygen atoms in total. The zero-order valence-corrected chi connectivity index (χ0v) is 18.0. The van der Waals surface area contributed by atoms with Crippen molar-refractivity contribution in [3.63, 3.8) is 0 Å². The Labute approximate surface area is 185 Å². The molecule has 2 aromatic heterocycles. The number of amides is 2. The fourth-order valence-electron chi connectivity index (χ4n) is 4.15. The lowest BCUT2D eigenvalue weighted by Gasteiger charge is -2.30. The van der Waals surface area contributed by atoms with Crippen LogP contribution in [-0.4, -0.2) is 22.6 Å². The van der Waals surface area contributed by atoms with Crippen LogP contribution in [0.15, 0.2) is 84.4 Å². The van der Waals surface area contributed by atoms with Gasteiger partial charge in [0.2, 0.25) is 0 Å². The molecule has 0 radical (unpaired) electrons. The SMILES string of the molecule is COc1cccc(CNC(=O)N2Cc3ccccc3-n3cccc3[C@@H]2c2cccs2)c1. The topological polar surface area (TPSA) is 46.5 Å². The normalized spacial score (nSPS) is 15.0. The van der Waals surface area contributed by atoms with Crippen molar-refractivity contribution in [3.05, 3.63) is 106 Å². The minimum absolute atomic E-state index is 0.0920. The maximum absolute atomic E-state index is 13.5. The lowest BCUT2D eigenvalue weighted by Crippen LogP contribution is -2.41. The molecular weight excluding hydrogens is 406 g/mol. The molecule has 1 atom stereocenters. The number of hydrogen-bond acceptors (Lipinski definition) is 3. The minimum atomic E-state index is -0.160. The standard InChI is InChI=1S/C25H23N3O2S/c1-30-20-9-4-7-18(15-20)16-26-25(29)28-17-19-8-2-3-10-21(19)27-13-5-11-22(27)24(28)23-12-6-14-31-23/h2-15,24H,16-17H2,1H3,(H,26,29)/t24-/m1/s1. The largest absolute Gasteiger partial charge is 0.497 e. The zero-order valence-electron chi connectivity index (χ0n) is 17.2.